The van der Waals surface area contributed by atoms with Gasteiger partial charge in [-0.25, -0.2) is 9.89 Å². The highest BCUT2D eigenvalue weighted by atomic mass is 35.5. The van der Waals surface area contributed by atoms with Gasteiger partial charge >= 0.3 is 6.09 Å². The fraction of sp³-hybridized carbons (Fsp3) is 0.389. The summed E-state index contributed by atoms with van der Waals surface area (Å²) in [6.07, 6.45) is 0.454. The van der Waals surface area contributed by atoms with Crippen molar-refractivity contribution in [2.24, 2.45) is 0 Å². The first-order chi connectivity index (χ1) is 13.1. The Bertz CT molecular complexity index is 861. The molecule has 9 nitrogen and oxygen atoms in total. The molecular weight excluding hydrogens is 386 g/mol. The molecule has 0 fully saturated rings. The number of nitrogens with zero attached hydrogens (tertiary/aromatic N) is 2. The molecule has 2 amide bonds. The van der Waals surface area contributed by atoms with E-state index >= 15 is 0 Å². The van der Waals surface area contributed by atoms with Crippen molar-refractivity contribution in [3.05, 3.63) is 40.7 Å². The number of halogens is 1. The number of carbonyl (C=O) groups is 3. The maximum Gasteiger partial charge on any atom is 0.408 e. The first-order valence-electron chi connectivity index (χ1n) is 8.53. The van der Waals surface area contributed by atoms with Crippen LogP contribution in [0.2, 0.25) is 5.02 Å². The van der Waals surface area contributed by atoms with E-state index in [1.54, 1.807) is 45.9 Å². The Labute approximate surface area is 167 Å². The maximum atomic E-state index is 12.6. The van der Waals surface area contributed by atoms with Gasteiger partial charge in [-0.15, -0.1) is 0 Å². The number of hydrogen-bond donors (Lipinski definition) is 3. The summed E-state index contributed by atoms with van der Waals surface area (Å²) < 4.78 is 5.14. The normalized spacial score (nSPS) is 12.2. The molecule has 3 N–H and O–H groups in total. The minimum atomic E-state index is -0.806. The molecule has 28 heavy (non-hydrogen) atoms. The van der Waals surface area contributed by atoms with Gasteiger partial charge in [-0.3, -0.25) is 14.9 Å². The number of H-pyrrole nitrogens is 1. The molecule has 1 heterocycles. The van der Waals surface area contributed by atoms with Crippen LogP contribution in [0.1, 0.15) is 43.6 Å². The van der Waals surface area contributed by atoms with E-state index in [0.717, 1.165) is 0 Å². The molecule has 10 heteroatoms. The predicted octanol–water partition coefficient (Wildman–Crippen LogP) is 2.74. The Morgan fingerprint density at radius 2 is 2.00 bits per heavy atom. The number of hydrogen-bond acceptors (Lipinski definition) is 6. The number of nitrogens with one attached hydrogen (secondary N) is 3. The topological polar surface area (TPSA) is 126 Å². The van der Waals surface area contributed by atoms with Gasteiger partial charge in [0.1, 0.15) is 11.9 Å². The molecule has 0 aliphatic rings. The first-order valence-corrected chi connectivity index (χ1v) is 8.91. The number of aromatic nitrogens is 3. The van der Waals surface area contributed by atoms with Crippen LogP contribution in [-0.4, -0.2) is 44.6 Å². The molecular formula is C18H22ClN5O4. The molecule has 0 saturated carbocycles. The smallest absolute Gasteiger partial charge is 0.408 e. The van der Waals surface area contributed by atoms with Gasteiger partial charge in [0.15, 0.2) is 5.78 Å². The lowest BCUT2D eigenvalue weighted by atomic mass is 9.99. The molecule has 1 aromatic heterocycles. The zero-order valence-corrected chi connectivity index (χ0v) is 16.8. The van der Waals surface area contributed by atoms with Crippen LogP contribution in [-0.2, 0) is 16.0 Å². The Morgan fingerprint density at radius 1 is 1.29 bits per heavy atom. The van der Waals surface area contributed by atoms with Crippen molar-refractivity contribution in [1.82, 2.24) is 20.5 Å². The van der Waals surface area contributed by atoms with Gasteiger partial charge in [0, 0.05) is 6.42 Å². The van der Waals surface area contributed by atoms with Crippen molar-refractivity contribution in [1.29, 1.82) is 0 Å². The molecule has 1 aromatic carbocycles. The van der Waals surface area contributed by atoms with Crippen LogP contribution >= 0.6 is 11.6 Å². The molecule has 0 bridgehead atoms. The second-order valence-corrected chi connectivity index (χ2v) is 7.48. The number of rotatable bonds is 6. The minimum absolute atomic E-state index is 0.101. The van der Waals surface area contributed by atoms with E-state index in [-0.39, 0.29) is 28.7 Å². The Hall–Kier alpha value is -2.94. The van der Waals surface area contributed by atoms with E-state index in [0.29, 0.717) is 5.56 Å². The molecule has 0 spiro atoms. The van der Waals surface area contributed by atoms with Crippen LogP contribution < -0.4 is 10.6 Å². The zero-order chi connectivity index (χ0) is 20.9. The minimum Gasteiger partial charge on any atom is -0.444 e. The van der Waals surface area contributed by atoms with E-state index in [4.69, 9.17) is 16.3 Å². The van der Waals surface area contributed by atoms with Crippen molar-refractivity contribution in [2.45, 2.75) is 45.8 Å². The van der Waals surface area contributed by atoms with Crippen molar-refractivity contribution in [3.63, 3.8) is 0 Å². The number of amides is 2. The monoisotopic (exact) mass is 407 g/mol. The SMILES string of the molecule is C[C@H](NC(=O)OC(C)(C)C)C(=O)Cc1cccc(Cl)c1C(=O)Nc1ncn[nH]1. The Morgan fingerprint density at radius 3 is 2.61 bits per heavy atom. The second-order valence-electron chi connectivity index (χ2n) is 7.07. The number of carbonyl (C=O) groups excluding carboxylic acids is 3. The summed E-state index contributed by atoms with van der Waals surface area (Å²) in [4.78, 5) is 40.8. The molecule has 0 unspecified atom stereocenters. The number of alkyl carbamates (subject to hydrolysis) is 1. The molecule has 0 saturated heterocycles. The van der Waals surface area contributed by atoms with Crippen molar-refractivity contribution < 1.29 is 19.1 Å². The predicted molar refractivity (Wildman–Crippen MR) is 103 cm³/mol. The van der Waals surface area contributed by atoms with E-state index in [1.807, 2.05) is 0 Å². The lowest BCUT2D eigenvalue weighted by molar-refractivity contribution is -0.120. The van der Waals surface area contributed by atoms with Crippen molar-refractivity contribution in [3.8, 4) is 0 Å². The summed E-state index contributed by atoms with van der Waals surface area (Å²) in [5, 5.41) is 11.4. The lowest BCUT2D eigenvalue weighted by Crippen LogP contribution is -2.42. The molecule has 1 atom stereocenters. The van der Waals surface area contributed by atoms with Crippen LogP contribution in [0.25, 0.3) is 0 Å². The van der Waals surface area contributed by atoms with Crippen LogP contribution in [0.15, 0.2) is 24.5 Å². The van der Waals surface area contributed by atoms with Crippen LogP contribution in [0.5, 0.6) is 0 Å². The number of aromatic amines is 1. The summed E-state index contributed by atoms with van der Waals surface area (Å²) in [7, 11) is 0. The van der Waals surface area contributed by atoms with Crippen molar-refractivity contribution >= 4 is 35.3 Å². The summed E-state index contributed by atoms with van der Waals surface area (Å²) in [5.74, 6) is -0.679. The highest BCUT2D eigenvalue weighted by Gasteiger charge is 2.23. The van der Waals surface area contributed by atoms with Gasteiger partial charge in [0.2, 0.25) is 5.95 Å². The quantitative estimate of drug-likeness (QED) is 0.675. The fourth-order valence-electron chi connectivity index (χ4n) is 2.31. The molecule has 0 radical (unpaired) electrons. The average Bonchev–Trinajstić information content (AvgIpc) is 3.05. The molecule has 2 aromatic rings. The maximum absolute atomic E-state index is 12.6. The highest BCUT2D eigenvalue weighted by molar-refractivity contribution is 6.34. The largest absolute Gasteiger partial charge is 0.444 e. The third-order valence-electron chi connectivity index (χ3n) is 3.55. The average molecular weight is 408 g/mol. The van der Waals surface area contributed by atoms with E-state index < -0.39 is 23.6 Å². The van der Waals surface area contributed by atoms with Crippen LogP contribution in [0.3, 0.4) is 0 Å². The van der Waals surface area contributed by atoms with E-state index in [9.17, 15) is 14.4 Å². The number of benzene rings is 1. The first kappa shape index (κ1) is 21.4. The zero-order valence-electron chi connectivity index (χ0n) is 16.0. The van der Waals surface area contributed by atoms with E-state index in [2.05, 4.69) is 25.8 Å². The van der Waals surface area contributed by atoms with Gasteiger partial charge < -0.3 is 10.1 Å². The van der Waals surface area contributed by atoms with Crippen LogP contribution in [0, 0.1) is 0 Å². The molecule has 2 rings (SSSR count). The van der Waals surface area contributed by atoms with Gasteiger partial charge in [-0.05, 0) is 39.3 Å². The standard InChI is InChI=1S/C18H22ClN5O4/c1-10(22-17(27)28-18(2,3)4)13(25)8-11-6-5-7-12(19)14(11)15(26)23-16-20-9-21-24-16/h5-7,9-10H,8H2,1-4H3,(H,22,27)(H2,20,21,23,24,26)/t10-/m0/s1. The Balaban J connectivity index is 2.10. The fourth-order valence-corrected chi connectivity index (χ4v) is 2.59. The number of Topliss-reactive ketones (excluding diaryl/α,β-unsaturated/α-hetero) is 1. The van der Waals surface area contributed by atoms with Gasteiger partial charge in [0.25, 0.3) is 5.91 Å². The third-order valence-corrected chi connectivity index (χ3v) is 3.87. The number of ketones is 1. The van der Waals surface area contributed by atoms with Gasteiger partial charge in [-0.1, -0.05) is 23.7 Å². The van der Waals surface area contributed by atoms with Crippen molar-refractivity contribution in [2.75, 3.05) is 5.32 Å². The van der Waals surface area contributed by atoms with E-state index in [1.165, 1.54) is 6.33 Å². The number of ether oxygens (including phenoxy) is 1. The highest BCUT2D eigenvalue weighted by Crippen LogP contribution is 2.22. The molecule has 150 valence electrons. The summed E-state index contributed by atoms with van der Waals surface area (Å²) in [6, 6.07) is 4.01. The van der Waals surface area contributed by atoms with Crippen LogP contribution in [0.4, 0.5) is 10.7 Å². The van der Waals surface area contributed by atoms with Gasteiger partial charge in [-0.2, -0.15) is 10.1 Å². The Kier molecular flexibility index (Phi) is 6.74. The molecule has 0 aliphatic heterocycles. The third kappa shape index (κ3) is 6.05. The second kappa shape index (κ2) is 8.83. The lowest BCUT2D eigenvalue weighted by Gasteiger charge is -2.21. The summed E-state index contributed by atoms with van der Waals surface area (Å²) >= 11 is 6.18. The number of anilines is 1. The molecule has 0 aliphatic carbocycles. The van der Waals surface area contributed by atoms with Gasteiger partial charge in [0.05, 0.1) is 16.6 Å². The summed E-state index contributed by atoms with van der Waals surface area (Å²) in [5.41, 5.74) is -0.100. The summed E-state index contributed by atoms with van der Waals surface area (Å²) in [6.45, 7) is 6.73.